The zero-order chi connectivity index (χ0) is 23.4. The van der Waals surface area contributed by atoms with Crippen LogP contribution in [0, 0.1) is 10.1 Å². The highest BCUT2D eigenvalue weighted by Gasteiger charge is 2.32. The fourth-order valence-corrected chi connectivity index (χ4v) is 3.78. The number of carbonyl (C=O) groups is 1. The Kier molecular flexibility index (Phi) is 6.31. The van der Waals surface area contributed by atoms with Crippen LogP contribution in [0.15, 0.2) is 89.5 Å². The van der Waals surface area contributed by atoms with Crippen molar-refractivity contribution in [1.82, 2.24) is 0 Å². The lowest BCUT2D eigenvalue weighted by molar-refractivity contribution is -0.384. The van der Waals surface area contributed by atoms with Crippen molar-refractivity contribution in [2.45, 2.75) is 13.8 Å². The standard InChI is InChI=1S/C26H24N4O3/c1-3-28(4-2)21-12-10-19(11-13-21)18-24-25(20-8-6-5-7-9-20)27-29(26(24)31)22-14-16-23(17-15-22)30(32)33/h5-18H,3-4H2,1-2H3/b24-18+. The number of non-ortho nitro benzene ring substituents is 1. The molecule has 0 atom stereocenters. The summed E-state index contributed by atoms with van der Waals surface area (Å²) in [6, 6.07) is 23.4. The smallest absolute Gasteiger partial charge is 0.281 e. The highest BCUT2D eigenvalue weighted by atomic mass is 16.6. The lowest BCUT2D eigenvalue weighted by Gasteiger charge is -2.20. The molecular weight excluding hydrogens is 416 g/mol. The lowest BCUT2D eigenvalue weighted by Crippen LogP contribution is -2.21. The molecule has 33 heavy (non-hydrogen) atoms. The predicted molar refractivity (Wildman–Crippen MR) is 132 cm³/mol. The van der Waals surface area contributed by atoms with Gasteiger partial charge in [-0.25, -0.2) is 0 Å². The number of benzene rings is 3. The van der Waals surface area contributed by atoms with Crippen molar-refractivity contribution in [2.24, 2.45) is 5.10 Å². The van der Waals surface area contributed by atoms with E-state index in [1.165, 1.54) is 29.3 Å². The van der Waals surface area contributed by atoms with E-state index < -0.39 is 4.92 Å². The molecule has 0 spiro atoms. The number of anilines is 2. The van der Waals surface area contributed by atoms with Crippen LogP contribution < -0.4 is 9.91 Å². The second-order valence-corrected chi connectivity index (χ2v) is 7.53. The van der Waals surface area contributed by atoms with Gasteiger partial charge in [0.05, 0.1) is 16.2 Å². The van der Waals surface area contributed by atoms with Gasteiger partial charge < -0.3 is 4.90 Å². The zero-order valence-corrected chi connectivity index (χ0v) is 18.5. The molecule has 1 heterocycles. The van der Waals surface area contributed by atoms with Crippen LogP contribution >= 0.6 is 0 Å². The maximum atomic E-state index is 13.4. The molecule has 3 aromatic carbocycles. The molecular formula is C26H24N4O3. The molecule has 7 heteroatoms. The van der Waals surface area contributed by atoms with Crippen LogP contribution in [0.3, 0.4) is 0 Å². The molecule has 3 aromatic rings. The maximum absolute atomic E-state index is 13.4. The zero-order valence-electron chi connectivity index (χ0n) is 18.5. The predicted octanol–water partition coefficient (Wildman–Crippen LogP) is 5.28. The SMILES string of the molecule is CCN(CC)c1ccc(/C=C2/C(=O)N(c3ccc([N+](=O)[O-])cc3)N=C2c2ccccc2)cc1. The van der Waals surface area contributed by atoms with Crippen molar-refractivity contribution < 1.29 is 9.72 Å². The summed E-state index contributed by atoms with van der Waals surface area (Å²) < 4.78 is 0. The van der Waals surface area contributed by atoms with Crippen molar-refractivity contribution >= 4 is 34.8 Å². The summed E-state index contributed by atoms with van der Waals surface area (Å²) in [7, 11) is 0. The first kappa shape index (κ1) is 22.0. The van der Waals surface area contributed by atoms with Gasteiger partial charge in [0.25, 0.3) is 11.6 Å². The molecule has 1 aliphatic rings. The summed E-state index contributed by atoms with van der Waals surface area (Å²) in [5.74, 6) is -0.282. The molecule has 1 aliphatic heterocycles. The lowest BCUT2D eigenvalue weighted by atomic mass is 10.00. The number of hydrogen-bond donors (Lipinski definition) is 0. The first-order chi connectivity index (χ1) is 16.0. The van der Waals surface area contributed by atoms with Crippen LogP contribution in [0.2, 0.25) is 0 Å². The van der Waals surface area contributed by atoms with E-state index >= 15 is 0 Å². The number of hydrogen-bond acceptors (Lipinski definition) is 5. The monoisotopic (exact) mass is 440 g/mol. The van der Waals surface area contributed by atoms with E-state index in [1.807, 2.05) is 60.7 Å². The van der Waals surface area contributed by atoms with Gasteiger partial charge in [-0.15, -0.1) is 0 Å². The second kappa shape index (κ2) is 9.48. The van der Waals surface area contributed by atoms with Gasteiger partial charge >= 0.3 is 0 Å². The summed E-state index contributed by atoms with van der Waals surface area (Å²) in [6.07, 6.45) is 1.84. The molecule has 7 nitrogen and oxygen atoms in total. The summed E-state index contributed by atoms with van der Waals surface area (Å²) in [6.45, 7) is 6.08. The Morgan fingerprint density at radius 2 is 1.58 bits per heavy atom. The number of nitro benzene ring substituents is 1. The van der Waals surface area contributed by atoms with Crippen molar-refractivity contribution in [3.05, 3.63) is 106 Å². The van der Waals surface area contributed by atoms with Crippen LogP contribution in [-0.2, 0) is 4.79 Å². The third kappa shape index (κ3) is 4.52. The van der Waals surface area contributed by atoms with Gasteiger partial charge in [-0.1, -0.05) is 42.5 Å². The molecule has 0 aliphatic carbocycles. The summed E-state index contributed by atoms with van der Waals surface area (Å²) in [4.78, 5) is 26.1. The third-order valence-corrected chi connectivity index (χ3v) is 5.56. The number of nitro groups is 1. The molecule has 166 valence electrons. The minimum Gasteiger partial charge on any atom is -0.372 e. The molecule has 0 N–H and O–H groups in total. The quantitative estimate of drug-likeness (QED) is 0.285. The van der Waals surface area contributed by atoms with Gasteiger partial charge in [0.2, 0.25) is 0 Å². The first-order valence-electron chi connectivity index (χ1n) is 10.8. The molecule has 0 aromatic heterocycles. The largest absolute Gasteiger partial charge is 0.372 e. The topological polar surface area (TPSA) is 79.0 Å². The minimum absolute atomic E-state index is 0.0401. The van der Waals surface area contributed by atoms with Gasteiger partial charge in [0.15, 0.2) is 0 Å². The van der Waals surface area contributed by atoms with Gasteiger partial charge in [-0.05, 0) is 49.8 Å². The Morgan fingerprint density at radius 3 is 2.15 bits per heavy atom. The van der Waals surface area contributed by atoms with Gasteiger partial charge in [0.1, 0.15) is 5.71 Å². The molecule has 0 radical (unpaired) electrons. The van der Waals surface area contributed by atoms with E-state index in [0.29, 0.717) is 17.0 Å². The van der Waals surface area contributed by atoms with E-state index in [2.05, 4.69) is 23.8 Å². The average Bonchev–Trinajstić information content (AvgIpc) is 3.17. The fourth-order valence-electron chi connectivity index (χ4n) is 3.78. The van der Waals surface area contributed by atoms with Crippen LogP contribution in [-0.4, -0.2) is 29.6 Å². The number of nitrogens with zero attached hydrogens (tertiary/aromatic N) is 4. The second-order valence-electron chi connectivity index (χ2n) is 7.53. The van der Waals surface area contributed by atoms with E-state index in [-0.39, 0.29) is 11.6 Å². The van der Waals surface area contributed by atoms with Crippen LogP contribution in [0.4, 0.5) is 17.1 Å². The van der Waals surface area contributed by atoms with Crippen LogP contribution in [0.1, 0.15) is 25.0 Å². The van der Waals surface area contributed by atoms with Gasteiger partial charge in [-0.2, -0.15) is 10.1 Å². The number of hydrazone groups is 1. The fraction of sp³-hybridized carbons (Fsp3) is 0.154. The molecule has 1 amide bonds. The minimum atomic E-state index is -0.471. The molecule has 0 fully saturated rings. The number of rotatable bonds is 7. The van der Waals surface area contributed by atoms with E-state index in [1.54, 1.807) is 0 Å². The Balaban J connectivity index is 1.72. The van der Waals surface area contributed by atoms with E-state index in [9.17, 15) is 14.9 Å². The summed E-state index contributed by atoms with van der Waals surface area (Å²) in [5.41, 5.74) is 4.30. The highest BCUT2D eigenvalue weighted by molar-refractivity contribution is 6.37. The van der Waals surface area contributed by atoms with Crippen molar-refractivity contribution in [3.63, 3.8) is 0 Å². The van der Waals surface area contributed by atoms with E-state index in [0.717, 1.165) is 29.9 Å². The van der Waals surface area contributed by atoms with Gasteiger partial charge in [0, 0.05) is 36.5 Å². The van der Waals surface area contributed by atoms with Crippen LogP contribution in [0.25, 0.3) is 6.08 Å². The van der Waals surface area contributed by atoms with Gasteiger partial charge in [-0.3, -0.25) is 14.9 Å². The maximum Gasteiger partial charge on any atom is 0.281 e. The van der Waals surface area contributed by atoms with Crippen LogP contribution in [0.5, 0.6) is 0 Å². The third-order valence-electron chi connectivity index (χ3n) is 5.56. The Labute approximate surface area is 192 Å². The van der Waals surface area contributed by atoms with Crippen molar-refractivity contribution in [2.75, 3.05) is 23.0 Å². The first-order valence-corrected chi connectivity index (χ1v) is 10.8. The van der Waals surface area contributed by atoms with Crippen molar-refractivity contribution in [3.8, 4) is 0 Å². The normalized spacial score (nSPS) is 14.5. The Bertz CT molecular complexity index is 1210. The molecule has 0 saturated heterocycles. The Morgan fingerprint density at radius 1 is 0.939 bits per heavy atom. The summed E-state index contributed by atoms with van der Waals surface area (Å²) in [5, 5.41) is 16.9. The van der Waals surface area contributed by atoms with E-state index in [4.69, 9.17) is 0 Å². The Hall–Kier alpha value is -4.26. The molecule has 0 bridgehead atoms. The van der Waals surface area contributed by atoms with Crippen molar-refractivity contribution in [1.29, 1.82) is 0 Å². The molecule has 0 saturated carbocycles. The molecule has 4 rings (SSSR count). The summed E-state index contributed by atoms with van der Waals surface area (Å²) >= 11 is 0. The number of carbonyl (C=O) groups excluding carboxylic acids is 1. The number of amides is 1. The average molecular weight is 441 g/mol. The highest BCUT2D eigenvalue weighted by Crippen LogP contribution is 2.29. The molecule has 0 unspecified atom stereocenters.